The van der Waals surface area contributed by atoms with Gasteiger partial charge in [0.05, 0.1) is 22.4 Å². The summed E-state index contributed by atoms with van der Waals surface area (Å²) in [5.74, 6) is 0. The third kappa shape index (κ3) is 10.2. The van der Waals surface area contributed by atoms with Gasteiger partial charge in [-0.15, -0.1) is 0 Å². The summed E-state index contributed by atoms with van der Waals surface area (Å²) in [6.07, 6.45) is 11.9. The number of H-pyrrole nitrogens is 1. The van der Waals surface area contributed by atoms with E-state index in [0.29, 0.717) is 0 Å². The first-order valence-corrected chi connectivity index (χ1v) is 17.7. The van der Waals surface area contributed by atoms with Gasteiger partial charge in [-0.05, 0) is 92.2 Å². The lowest BCUT2D eigenvalue weighted by molar-refractivity contribution is 0.00578. The van der Waals surface area contributed by atoms with Crippen LogP contribution in [0.2, 0.25) is 0 Å². The van der Waals surface area contributed by atoms with Gasteiger partial charge >= 0.3 is 14.2 Å². The number of benzene rings is 2. The molecule has 0 spiro atoms. The van der Waals surface area contributed by atoms with E-state index >= 15 is 0 Å². The van der Waals surface area contributed by atoms with E-state index < -0.39 is 0 Å². The SMILES string of the molecule is BrCCCc1ccccc1.CC1(C)OB(c2cn[nH]c2)OC1(C)C.CC1(C)OB(c2cnn(CCCc3ccccc3)c2)OC1(C)C. The van der Waals surface area contributed by atoms with E-state index in [2.05, 4.69) is 114 Å². The third-order valence-electron chi connectivity index (χ3n) is 9.36. The molecule has 0 atom stereocenters. The highest BCUT2D eigenvalue weighted by molar-refractivity contribution is 9.09. The van der Waals surface area contributed by atoms with E-state index in [4.69, 9.17) is 18.6 Å². The fourth-order valence-corrected chi connectivity index (χ4v) is 5.26. The van der Waals surface area contributed by atoms with E-state index in [1.54, 1.807) is 12.4 Å². The molecule has 0 radical (unpaired) electrons. The first kappa shape index (κ1) is 37.1. The number of hydrogen-bond acceptors (Lipinski definition) is 6. The molecule has 2 saturated heterocycles. The number of nitrogens with one attached hydrogen (secondary N) is 1. The van der Waals surface area contributed by atoms with Crippen molar-refractivity contribution in [2.45, 2.75) is 110 Å². The van der Waals surface area contributed by atoms with Crippen molar-refractivity contribution in [1.82, 2.24) is 20.0 Å². The van der Waals surface area contributed by atoms with Gasteiger partial charge in [0.2, 0.25) is 0 Å². The summed E-state index contributed by atoms with van der Waals surface area (Å²) < 4.78 is 25.8. The fraction of sp³-hybridized carbons (Fsp3) is 0.500. The summed E-state index contributed by atoms with van der Waals surface area (Å²) >= 11 is 3.41. The van der Waals surface area contributed by atoms with Gasteiger partial charge < -0.3 is 18.6 Å². The number of aromatic nitrogens is 4. The molecule has 0 unspecified atom stereocenters. The second kappa shape index (κ2) is 16.1. The molecule has 6 rings (SSSR count). The standard InChI is InChI=1S/C18H25BN2O2.C9H15BN2O2.C9H11Br/c1-17(2)18(3,4)23-19(22-17)16-13-20-21(14-16)12-8-11-15-9-6-5-7-10-15;1-8(2)9(3,4)14-10(13-8)7-5-11-12-6-7;10-8-4-7-9-5-2-1-3-6-9/h5-7,9-10,13-14H,8,11-12H2,1-4H3;5-6H,1-4H3,(H,11,12);1-3,5-6H,4,7-8H2. The molecule has 4 heterocycles. The summed E-state index contributed by atoms with van der Waals surface area (Å²) in [6, 6.07) is 21.1. The van der Waals surface area contributed by atoms with E-state index in [-0.39, 0.29) is 36.6 Å². The highest BCUT2D eigenvalue weighted by Gasteiger charge is 2.53. The Kier molecular flexibility index (Phi) is 12.8. The first-order chi connectivity index (χ1) is 22.2. The largest absolute Gasteiger partial charge is 0.498 e. The highest BCUT2D eigenvalue weighted by Crippen LogP contribution is 2.37. The molecule has 2 fully saturated rings. The molecule has 47 heavy (non-hydrogen) atoms. The Morgan fingerprint density at radius 2 is 1.13 bits per heavy atom. The molecule has 2 aromatic heterocycles. The van der Waals surface area contributed by atoms with Crippen molar-refractivity contribution in [1.29, 1.82) is 0 Å². The van der Waals surface area contributed by atoms with Gasteiger partial charge in [-0.3, -0.25) is 9.78 Å². The predicted molar refractivity (Wildman–Crippen MR) is 196 cm³/mol. The molecule has 8 nitrogen and oxygen atoms in total. The number of hydrogen-bond donors (Lipinski definition) is 1. The van der Waals surface area contributed by atoms with Crippen LogP contribution >= 0.6 is 15.9 Å². The Hall–Kier alpha value is -2.69. The van der Waals surface area contributed by atoms with Crippen LogP contribution in [0.5, 0.6) is 0 Å². The Bertz CT molecular complexity index is 1450. The number of rotatable bonds is 9. The second-order valence-electron chi connectivity index (χ2n) is 14.1. The monoisotopic (exact) mass is 704 g/mol. The Labute approximate surface area is 290 Å². The maximum absolute atomic E-state index is 6.06. The number of aryl methyl sites for hydroxylation is 3. The summed E-state index contributed by atoms with van der Waals surface area (Å²) in [5.41, 5.74) is 3.53. The van der Waals surface area contributed by atoms with Crippen molar-refractivity contribution >= 4 is 41.1 Å². The molecule has 2 aliphatic heterocycles. The van der Waals surface area contributed by atoms with Crippen LogP contribution in [0, 0.1) is 0 Å². The summed E-state index contributed by atoms with van der Waals surface area (Å²) in [4.78, 5) is 0. The Morgan fingerprint density at radius 3 is 1.57 bits per heavy atom. The highest BCUT2D eigenvalue weighted by atomic mass is 79.9. The van der Waals surface area contributed by atoms with Crippen LogP contribution in [0.25, 0.3) is 0 Å². The van der Waals surface area contributed by atoms with Crippen LogP contribution in [0.3, 0.4) is 0 Å². The van der Waals surface area contributed by atoms with Crippen molar-refractivity contribution < 1.29 is 18.6 Å². The van der Waals surface area contributed by atoms with E-state index in [0.717, 1.165) is 35.6 Å². The zero-order valence-electron chi connectivity index (χ0n) is 29.3. The lowest BCUT2D eigenvalue weighted by atomic mass is 9.82. The zero-order chi connectivity index (χ0) is 34.1. The molecule has 0 aliphatic carbocycles. The zero-order valence-corrected chi connectivity index (χ0v) is 30.9. The van der Waals surface area contributed by atoms with Gasteiger partial charge in [-0.1, -0.05) is 76.6 Å². The maximum atomic E-state index is 6.06. The topological polar surface area (TPSA) is 83.4 Å². The van der Waals surface area contributed by atoms with Crippen molar-refractivity contribution in [2.75, 3.05) is 5.33 Å². The van der Waals surface area contributed by atoms with Crippen LogP contribution in [0.1, 0.15) is 79.4 Å². The molecule has 2 aromatic carbocycles. The first-order valence-electron chi connectivity index (χ1n) is 16.6. The lowest BCUT2D eigenvalue weighted by Crippen LogP contribution is -2.41. The molecule has 0 bridgehead atoms. The summed E-state index contributed by atoms with van der Waals surface area (Å²) in [5, 5.41) is 12.2. The quantitative estimate of drug-likeness (QED) is 0.158. The normalized spacial score (nSPS) is 18.7. The van der Waals surface area contributed by atoms with E-state index in [1.165, 1.54) is 24.0 Å². The van der Waals surface area contributed by atoms with Crippen LogP contribution in [-0.2, 0) is 38.0 Å². The maximum Gasteiger partial charge on any atom is 0.498 e. The van der Waals surface area contributed by atoms with Crippen LogP contribution < -0.4 is 10.9 Å². The van der Waals surface area contributed by atoms with Gasteiger partial charge in [-0.25, -0.2) is 0 Å². The Balaban J connectivity index is 0.000000177. The molecule has 252 valence electrons. The second-order valence-corrected chi connectivity index (χ2v) is 14.9. The minimum absolute atomic E-state index is 0.283. The van der Waals surface area contributed by atoms with Gasteiger partial charge in [0.25, 0.3) is 0 Å². The minimum Gasteiger partial charge on any atom is -0.399 e. The van der Waals surface area contributed by atoms with Crippen LogP contribution in [0.4, 0.5) is 0 Å². The third-order valence-corrected chi connectivity index (χ3v) is 9.92. The number of nitrogens with zero attached hydrogens (tertiary/aromatic N) is 3. The van der Waals surface area contributed by atoms with Crippen LogP contribution in [0.15, 0.2) is 85.5 Å². The molecule has 2 aliphatic rings. The van der Waals surface area contributed by atoms with Gasteiger partial charge in [0, 0.05) is 47.6 Å². The van der Waals surface area contributed by atoms with Crippen molar-refractivity contribution in [3.8, 4) is 0 Å². The lowest BCUT2D eigenvalue weighted by Gasteiger charge is -2.32. The molecular weight excluding hydrogens is 654 g/mol. The molecule has 0 saturated carbocycles. The number of halogens is 1. The summed E-state index contributed by atoms with van der Waals surface area (Å²) in [7, 11) is -0.637. The molecule has 0 amide bonds. The van der Waals surface area contributed by atoms with Crippen molar-refractivity contribution in [3.63, 3.8) is 0 Å². The van der Waals surface area contributed by atoms with E-state index in [1.807, 2.05) is 50.8 Å². The fourth-order valence-electron chi connectivity index (χ4n) is 4.98. The molecular formula is C36H51B2BrN4O4. The molecule has 4 aromatic rings. The number of aromatic amines is 1. The molecule has 1 N–H and O–H groups in total. The van der Waals surface area contributed by atoms with Crippen molar-refractivity contribution in [3.05, 3.63) is 96.6 Å². The van der Waals surface area contributed by atoms with Gasteiger partial charge in [0.1, 0.15) is 0 Å². The number of alkyl halides is 1. The van der Waals surface area contributed by atoms with Gasteiger partial charge in [0.15, 0.2) is 0 Å². The smallest absolute Gasteiger partial charge is 0.399 e. The van der Waals surface area contributed by atoms with E-state index in [9.17, 15) is 0 Å². The van der Waals surface area contributed by atoms with Crippen molar-refractivity contribution in [2.24, 2.45) is 0 Å². The molecule has 11 heteroatoms. The van der Waals surface area contributed by atoms with Gasteiger partial charge in [-0.2, -0.15) is 10.2 Å². The Morgan fingerprint density at radius 1 is 0.660 bits per heavy atom. The summed E-state index contributed by atoms with van der Waals surface area (Å²) in [6.45, 7) is 17.3. The minimum atomic E-state index is -0.331. The predicted octanol–water partition coefficient (Wildman–Crippen LogP) is 6.54. The van der Waals surface area contributed by atoms with Crippen LogP contribution in [-0.4, -0.2) is 61.9 Å². The average molecular weight is 705 g/mol. The average Bonchev–Trinajstić information content (AvgIpc) is 3.81.